The zero-order chi connectivity index (χ0) is 16.2. The summed E-state index contributed by atoms with van der Waals surface area (Å²) in [6, 6.07) is 4.26. The number of hydrogen-bond donors (Lipinski definition) is 0. The van der Waals surface area contributed by atoms with Crippen molar-refractivity contribution in [2.75, 3.05) is 50.9 Å². The lowest BCUT2D eigenvalue weighted by molar-refractivity contribution is 0.0134. The van der Waals surface area contributed by atoms with Crippen molar-refractivity contribution < 1.29 is 14.3 Å². The van der Waals surface area contributed by atoms with E-state index in [4.69, 9.17) is 9.47 Å². The van der Waals surface area contributed by atoms with Gasteiger partial charge < -0.3 is 14.4 Å². The quantitative estimate of drug-likeness (QED) is 0.782. The number of carbonyl (C=O) groups is 1. The zero-order valence-electron chi connectivity index (χ0n) is 13.9. The standard InChI is InChI=1S/C17H25N3O3/c1-3-23-17(21)14-4-5-16(18-10-14)20-11-13(2)15(12-20)19-6-8-22-9-7-19/h4-5,10,13,15H,3,6-9,11-12H2,1-2H3/t13-,15-/m0/s1. The number of nitrogens with zero attached hydrogens (tertiary/aromatic N) is 3. The minimum Gasteiger partial charge on any atom is -0.462 e. The van der Waals surface area contributed by atoms with Gasteiger partial charge in [-0.1, -0.05) is 6.92 Å². The molecule has 2 atom stereocenters. The monoisotopic (exact) mass is 319 g/mol. The number of esters is 1. The Hall–Kier alpha value is -1.66. The molecule has 0 amide bonds. The van der Waals surface area contributed by atoms with E-state index in [1.54, 1.807) is 19.2 Å². The van der Waals surface area contributed by atoms with Gasteiger partial charge in [0.2, 0.25) is 0 Å². The van der Waals surface area contributed by atoms with Gasteiger partial charge in [0.25, 0.3) is 0 Å². The second-order valence-electron chi connectivity index (χ2n) is 6.22. The molecule has 0 aromatic carbocycles. The Kier molecular flexibility index (Phi) is 5.13. The fourth-order valence-corrected chi connectivity index (χ4v) is 3.43. The van der Waals surface area contributed by atoms with Gasteiger partial charge in [-0.15, -0.1) is 0 Å². The summed E-state index contributed by atoms with van der Waals surface area (Å²) in [5.74, 6) is 1.22. The van der Waals surface area contributed by atoms with Gasteiger partial charge >= 0.3 is 5.97 Å². The molecule has 2 aliphatic heterocycles. The summed E-state index contributed by atoms with van der Waals surface area (Å²) in [7, 11) is 0. The third-order valence-electron chi connectivity index (χ3n) is 4.67. The van der Waals surface area contributed by atoms with E-state index in [0.29, 0.717) is 24.1 Å². The van der Waals surface area contributed by atoms with E-state index in [0.717, 1.165) is 45.2 Å². The van der Waals surface area contributed by atoms with Crippen LogP contribution in [0.5, 0.6) is 0 Å². The van der Waals surface area contributed by atoms with Crippen molar-refractivity contribution in [1.82, 2.24) is 9.88 Å². The lowest BCUT2D eigenvalue weighted by Crippen LogP contribution is -2.46. The molecule has 0 radical (unpaired) electrons. The third kappa shape index (κ3) is 3.64. The third-order valence-corrected chi connectivity index (χ3v) is 4.67. The van der Waals surface area contributed by atoms with Crippen LogP contribution in [0.3, 0.4) is 0 Å². The Morgan fingerprint density at radius 1 is 1.35 bits per heavy atom. The van der Waals surface area contributed by atoms with Crippen LogP contribution in [-0.4, -0.2) is 67.9 Å². The molecule has 0 aliphatic carbocycles. The van der Waals surface area contributed by atoms with E-state index in [-0.39, 0.29) is 5.97 Å². The second-order valence-corrected chi connectivity index (χ2v) is 6.22. The molecule has 0 N–H and O–H groups in total. The van der Waals surface area contributed by atoms with Crippen molar-refractivity contribution in [2.24, 2.45) is 5.92 Å². The van der Waals surface area contributed by atoms with Crippen molar-refractivity contribution in [3.05, 3.63) is 23.9 Å². The topological polar surface area (TPSA) is 54.9 Å². The Bertz CT molecular complexity index is 528. The smallest absolute Gasteiger partial charge is 0.339 e. The van der Waals surface area contributed by atoms with Gasteiger partial charge in [-0.2, -0.15) is 0 Å². The van der Waals surface area contributed by atoms with Crippen molar-refractivity contribution in [3.63, 3.8) is 0 Å². The van der Waals surface area contributed by atoms with Crippen molar-refractivity contribution >= 4 is 11.8 Å². The normalized spacial score (nSPS) is 25.6. The van der Waals surface area contributed by atoms with Crippen molar-refractivity contribution in [3.8, 4) is 0 Å². The minimum absolute atomic E-state index is 0.312. The molecule has 1 aromatic rings. The fraction of sp³-hybridized carbons (Fsp3) is 0.647. The summed E-state index contributed by atoms with van der Waals surface area (Å²) in [4.78, 5) is 21.0. The summed E-state index contributed by atoms with van der Waals surface area (Å²) in [6.07, 6.45) is 1.61. The number of carbonyl (C=O) groups excluding carboxylic acids is 1. The molecule has 3 heterocycles. The number of rotatable bonds is 4. The Balaban J connectivity index is 1.64. The minimum atomic E-state index is -0.312. The van der Waals surface area contributed by atoms with E-state index in [9.17, 15) is 4.79 Å². The van der Waals surface area contributed by atoms with Crippen LogP contribution in [0.4, 0.5) is 5.82 Å². The Labute approximate surface area is 137 Å². The summed E-state index contributed by atoms with van der Waals surface area (Å²) >= 11 is 0. The first-order chi connectivity index (χ1) is 11.2. The highest BCUT2D eigenvalue weighted by molar-refractivity contribution is 5.89. The average Bonchev–Trinajstić information content (AvgIpc) is 2.98. The largest absolute Gasteiger partial charge is 0.462 e. The van der Waals surface area contributed by atoms with E-state index >= 15 is 0 Å². The molecular formula is C17H25N3O3. The molecule has 23 heavy (non-hydrogen) atoms. The van der Waals surface area contributed by atoms with Gasteiger partial charge in [-0.3, -0.25) is 4.90 Å². The molecule has 2 aliphatic rings. The summed E-state index contributed by atoms with van der Waals surface area (Å²) in [6.45, 7) is 10.1. The van der Waals surface area contributed by atoms with E-state index < -0.39 is 0 Å². The number of hydrogen-bond acceptors (Lipinski definition) is 6. The molecule has 1 aromatic heterocycles. The molecule has 0 bridgehead atoms. The SMILES string of the molecule is CCOC(=O)c1ccc(N2C[C@H](C)[C@@H](N3CCOCC3)C2)nc1. The highest BCUT2D eigenvalue weighted by Crippen LogP contribution is 2.26. The predicted molar refractivity (Wildman–Crippen MR) is 87.8 cm³/mol. The highest BCUT2D eigenvalue weighted by Gasteiger charge is 2.35. The molecule has 2 saturated heterocycles. The van der Waals surface area contributed by atoms with Crippen LogP contribution in [-0.2, 0) is 9.47 Å². The van der Waals surface area contributed by atoms with Crippen molar-refractivity contribution in [2.45, 2.75) is 19.9 Å². The summed E-state index contributed by atoms with van der Waals surface area (Å²) in [5, 5.41) is 0. The number of morpholine rings is 1. The second kappa shape index (κ2) is 7.27. The molecule has 126 valence electrons. The number of anilines is 1. The molecule has 0 unspecified atom stereocenters. The van der Waals surface area contributed by atoms with Crippen LogP contribution in [0.15, 0.2) is 18.3 Å². The van der Waals surface area contributed by atoms with Gasteiger partial charge in [-0.05, 0) is 25.0 Å². The van der Waals surface area contributed by atoms with Gasteiger partial charge in [0, 0.05) is 38.4 Å². The zero-order valence-corrected chi connectivity index (χ0v) is 13.9. The first kappa shape index (κ1) is 16.2. The van der Waals surface area contributed by atoms with Gasteiger partial charge in [-0.25, -0.2) is 9.78 Å². The molecule has 3 rings (SSSR count). The van der Waals surface area contributed by atoms with Gasteiger partial charge in [0.15, 0.2) is 0 Å². The van der Waals surface area contributed by atoms with Crippen molar-refractivity contribution in [1.29, 1.82) is 0 Å². The van der Waals surface area contributed by atoms with Crippen LogP contribution in [0.1, 0.15) is 24.2 Å². The van der Waals surface area contributed by atoms with Crippen LogP contribution in [0.2, 0.25) is 0 Å². The molecule has 0 spiro atoms. The van der Waals surface area contributed by atoms with E-state index in [1.807, 2.05) is 6.07 Å². The maximum absolute atomic E-state index is 11.7. The fourth-order valence-electron chi connectivity index (χ4n) is 3.43. The number of pyridine rings is 1. The number of aromatic nitrogens is 1. The molecule has 6 nitrogen and oxygen atoms in total. The lowest BCUT2D eigenvalue weighted by Gasteiger charge is -2.34. The maximum Gasteiger partial charge on any atom is 0.339 e. The average molecular weight is 319 g/mol. The van der Waals surface area contributed by atoms with Crippen LogP contribution >= 0.6 is 0 Å². The van der Waals surface area contributed by atoms with Gasteiger partial charge in [0.05, 0.1) is 25.4 Å². The van der Waals surface area contributed by atoms with Crippen LogP contribution < -0.4 is 4.90 Å². The highest BCUT2D eigenvalue weighted by atomic mass is 16.5. The summed E-state index contributed by atoms with van der Waals surface area (Å²) < 4.78 is 10.4. The molecule has 6 heteroatoms. The molecule has 0 saturated carbocycles. The summed E-state index contributed by atoms with van der Waals surface area (Å²) in [5.41, 5.74) is 0.507. The first-order valence-corrected chi connectivity index (χ1v) is 8.39. The molecule has 2 fully saturated rings. The van der Waals surface area contributed by atoms with Crippen LogP contribution in [0, 0.1) is 5.92 Å². The van der Waals surface area contributed by atoms with Gasteiger partial charge in [0.1, 0.15) is 5.82 Å². The van der Waals surface area contributed by atoms with Crippen LogP contribution in [0.25, 0.3) is 0 Å². The van der Waals surface area contributed by atoms with E-state index in [1.165, 1.54) is 0 Å². The van der Waals surface area contributed by atoms with E-state index in [2.05, 4.69) is 21.7 Å². The molecular weight excluding hydrogens is 294 g/mol. The maximum atomic E-state index is 11.7. The lowest BCUT2D eigenvalue weighted by atomic mass is 10.0. The Morgan fingerprint density at radius 2 is 2.13 bits per heavy atom. The number of ether oxygens (including phenoxy) is 2. The Morgan fingerprint density at radius 3 is 2.78 bits per heavy atom. The first-order valence-electron chi connectivity index (χ1n) is 8.39. The predicted octanol–water partition coefficient (Wildman–Crippen LogP) is 1.42.